The molecule has 15 heavy (non-hydrogen) atoms. The Morgan fingerprint density at radius 1 is 1.60 bits per heavy atom. The largest absolute Gasteiger partial charge is 0.333 e. The van der Waals surface area contributed by atoms with Crippen LogP contribution in [0.4, 0.5) is 0 Å². The first-order chi connectivity index (χ1) is 7.29. The highest BCUT2D eigenvalue weighted by Gasteiger charge is 2.11. The van der Waals surface area contributed by atoms with E-state index in [9.17, 15) is 0 Å². The van der Waals surface area contributed by atoms with Crippen molar-refractivity contribution in [2.24, 2.45) is 0 Å². The molecule has 0 aliphatic carbocycles. The standard InChI is InChI=1S/C10H13N3OS/c1-7(11-2)6-9-12-10(14-13-9)8-4-3-5-15-8/h3-5,7,11H,6H2,1-2H3. The Morgan fingerprint density at radius 3 is 3.13 bits per heavy atom. The van der Waals surface area contributed by atoms with Crippen molar-refractivity contribution >= 4 is 11.3 Å². The van der Waals surface area contributed by atoms with Crippen LogP contribution in [-0.4, -0.2) is 23.2 Å². The van der Waals surface area contributed by atoms with Gasteiger partial charge in [-0.1, -0.05) is 11.2 Å². The van der Waals surface area contributed by atoms with Crippen molar-refractivity contribution < 1.29 is 4.52 Å². The molecule has 0 amide bonds. The van der Waals surface area contributed by atoms with E-state index in [4.69, 9.17) is 4.52 Å². The molecule has 2 aromatic rings. The number of hydrogen-bond acceptors (Lipinski definition) is 5. The lowest BCUT2D eigenvalue weighted by Crippen LogP contribution is -2.24. The number of nitrogens with zero attached hydrogens (tertiary/aromatic N) is 2. The lowest BCUT2D eigenvalue weighted by molar-refractivity contribution is 0.419. The Labute approximate surface area is 92.3 Å². The van der Waals surface area contributed by atoms with E-state index in [-0.39, 0.29) is 0 Å². The van der Waals surface area contributed by atoms with Gasteiger partial charge in [0.15, 0.2) is 5.82 Å². The second-order valence-electron chi connectivity index (χ2n) is 3.39. The van der Waals surface area contributed by atoms with E-state index in [2.05, 4.69) is 22.4 Å². The zero-order valence-electron chi connectivity index (χ0n) is 8.73. The van der Waals surface area contributed by atoms with Crippen LogP contribution < -0.4 is 5.32 Å². The van der Waals surface area contributed by atoms with Crippen LogP contribution in [0.15, 0.2) is 22.0 Å². The molecule has 1 unspecified atom stereocenters. The molecule has 4 nitrogen and oxygen atoms in total. The number of nitrogens with one attached hydrogen (secondary N) is 1. The van der Waals surface area contributed by atoms with Gasteiger partial charge >= 0.3 is 0 Å². The molecule has 0 saturated carbocycles. The molecule has 1 atom stereocenters. The van der Waals surface area contributed by atoms with Gasteiger partial charge in [-0.15, -0.1) is 11.3 Å². The van der Waals surface area contributed by atoms with Gasteiger partial charge in [-0.05, 0) is 25.4 Å². The monoisotopic (exact) mass is 223 g/mol. The molecule has 1 N–H and O–H groups in total. The van der Waals surface area contributed by atoms with Crippen molar-refractivity contribution in [2.75, 3.05) is 7.05 Å². The van der Waals surface area contributed by atoms with Crippen molar-refractivity contribution in [1.29, 1.82) is 0 Å². The fourth-order valence-corrected chi connectivity index (χ4v) is 1.86. The predicted octanol–water partition coefficient (Wildman–Crippen LogP) is 1.95. The minimum atomic E-state index is 0.360. The zero-order valence-corrected chi connectivity index (χ0v) is 9.54. The Kier molecular flexibility index (Phi) is 3.13. The molecule has 0 fully saturated rings. The predicted molar refractivity (Wildman–Crippen MR) is 59.8 cm³/mol. The van der Waals surface area contributed by atoms with Gasteiger partial charge in [-0.2, -0.15) is 4.98 Å². The fourth-order valence-electron chi connectivity index (χ4n) is 1.21. The molecular weight excluding hydrogens is 210 g/mol. The van der Waals surface area contributed by atoms with Crippen LogP contribution in [0, 0.1) is 0 Å². The third-order valence-electron chi connectivity index (χ3n) is 2.18. The SMILES string of the molecule is CNC(C)Cc1noc(-c2cccs2)n1. The fraction of sp³-hybridized carbons (Fsp3) is 0.400. The minimum Gasteiger partial charge on any atom is -0.333 e. The molecule has 0 aliphatic heterocycles. The molecule has 0 bridgehead atoms. The van der Waals surface area contributed by atoms with Crippen molar-refractivity contribution in [3.8, 4) is 10.8 Å². The summed E-state index contributed by atoms with van der Waals surface area (Å²) in [5.74, 6) is 1.36. The van der Waals surface area contributed by atoms with Gasteiger partial charge < -0.3 is 9.84 Å². The number of thiophene rings is 1. The number of rotatable bonds is 4. The average molecular weight is 223 g/mol. The Hall–Kier alpha value is -1.20. The molecule has 0 aromatic carbocycles. The molecule has 80 valence electrons. The van der Waals surface area contributed by atoms with E-state index in [1.165, 1.54) is 0 Å². The van der Waals surface area contributed by atoms with Gasteiger partial charge in [0.05, 0.1) is 4.88 Å². The van der Waals surface area contributed by atoms with E-state index in [0.717, 1.165) is 17.1 Å². The van der Waals surface area contributed by atoms with E-state index < -0.39 is 0 Å². The summed E-state index contributed by atoms with van der Waals surface area (Å²) in [6, 6.07) is 4.31. The van der Waals surface area contributed by atoms with Crippen molar-refractivity contribution in [2.45, 2.75) is 19.4 Å². The highest BCUT2D eigenvalue weighted by Crippen LogP contribution is 2.22. The van der Waals surface area contributed by atoms with Gasteiger partial charge in [0.2, 0.25) is 0 Å². The summed E-state index contributed by atoms with van der Waals surface area (Å²) in [4.78, 5) is 5.35. The normalized spacial score (nSPS) is 12.9. The Morgan fingerprint density at radius 2 is 2.47 bits per heavy atom. The number of aromatic nitrogens is 2. The summed E-state index contributed by atoms with van der Waals surface area (Å²) < 4.78 is 5.18. The highest BCUT2D eigenvalue weighted by atomic mass is 32.1. The molecule has 0 radical (unpaired) electrons. The Balaban J connectivity index is 2.11. The van der Waals surface area contributed by atoms with Crippen molar-refractivity contribution in [3.63, 3.8) is 0 Å². The average Bonchev–Trinajstić information content (AvgIpc) is 2.85. The summed E-state index contributed by atoms with van der Waals surface area (Å²) in [6.45, 7) is 2.08. The number of hydrogen-bond donors (Lipinski definition) is 1. The highest BCUT2D eigenvalue weighted by molar-refractivity contribution is 7.13. The van der Waals surface area contributed by atoms with Gasteiger partial charge in [-0.25, -0.2) is 0 Å². The lowest BCUT2D eigenvalue weighted by Gasteiger charge is -2.04. The number of likely N-dealkylation sites (N-methyl/N-ethyl adjacent to an activating group) is 1. The van der Waals surface area contributed by atoms with Gasteiger partial charge in [0.1, 0.15) is 0 Å². The van der Waals surface area contributed by atoms with Crippen LogP contribution in [0.5, 0.6) is 0 Å². The maximum Gasteiger partial charge on any atom is 0.267 e. The lowest BCUT2D eigenvalue weighted by atomic mass is 10.2. The third-order valence-corrected chi connectivity index (χ3v) is 3.04. The van der Waals surface area contributed by atoms with Gasteiger partial charge in [-0.3, -0.25) is 0 Å². The van der Waals surface area contributed by atoms with E-state index in [1.54, 1.807) is 11.3 Å². The van der Waals surface area contributed by atoms with E-state index in [0.29, 0.717) is 11.9 Å². The molecule has 0 spiro atoms. The minimum absolute atomic E-state index is 0.360. The zero-order chi connectivity index (χ0) is 10.7. The maximum atomic E-state index is 5.18. The van der Waals surface area contributed by atoms with Crippen LogP contribution in [0.3, 0.4) is 0 Å². The molecule has 0 aliphatic rings. The Bertz CT molecular complexity index is 410. The summed E-state index contributed by atoms with van der Waals surface area (Å²) in [7, 11) is 1.92. The second-order valence-corrected chi connectivity index (χ2v) is 4.33. The van der Waals surface area contributed by atoms with Crippen LogP contribution in [-0.2, 0) is 6.42 Å². The third kappa shape index (κ3) is 2.43. The van der Waals surface area contributed by atoms with Crippen LogP contribution in [0.1, 0.15) is 12.7 Å². The smallest absolute Gasteiger partial charge is 0.267 e. The molecule has 2 heterocycles. The first-order valence-electron chi connectivity index (χ1n) is 4.83. The first kappa shape index (κ1) is 10.3. The second kappa shape index (κ2) is 4.55. The molecule has 5 heteroatoms. The topological polar surface area (TPSA) is 51.0 Å². The summed E-state index contributed by atoms with van der Waals surface area (Å²) >= 11 is 1.60. The van der Waals surface area contributed by atoms with Crippen LogP contribution in [0.2, 0.25) is 0 Å². The quantitative estimate of drug-likeness (QED) is 0.860. The molecule has 2 rings (SSSR count). The van der Waals surface area contributed by atoms with Crippen molar-refractivity contribution in [3.05, 3.63) is 23.3 Å². The molecule has 0 saturated heterocycles. The molecule has 2 aromatic heterocycles. The van der Waals surface area contributed by atoms with E-state index in [1.807, 2.05) is 24.6 Å². The van der Waals surface area contributed by atoms with Crippen LogP contribution >= 0.6 is 11.3 Å². The first-order valence-corrected chi connectivity index (χ1v) is 5.71. The summed E-state index contributed by atoms with van der Waals surface area (Å²) in [5, 5.41) is 9.07. The summed E-state index contributed by atoms with van der Waals surface area (Å²) in [5.41, 5.74) is 0. The van der Waals surface area contributed by atoms with Gasteiger partial charge in [0.25, 0.3) is 5.89 Å². The van der Waals surface area contributed by atoms with Crippen molar-refractivity contribution in [1.82, 2.24) is 15.5 Å². The van der Waals surface area contributed by atoms with Crippen LogP contribution in [0.25, 0.3) is 10.8 Å². The maximum absolute atomic E-state index is 5.18. The van der Waals surface area contributed by atoms with E-state index >= 15 is 0 Å². The summed E-state index contributed by atoms with van der Waals surface area (Å²) in [6.07, 6.45) is 0.783. The molecular formula is C10H13N3OS. The van der Waals surface area contributed by atoms with Gasteiger partial charge in [0, 0.05) is 12.5 Å².